The van der Waals surface area contributed by atoms with E-state index in [1.54, 1.807) is 0 Å². The molecule has 0 aromatic carbocycles. The zero-order valence-corrected chi connectivity index (χ0v) is 12.9. The Kier molecular flexibility index (Phi) is 6.12. The molecular weight excluding hydrogens is 300 g/mol. The summed E-state index contributed by atoms with van der Waals surface area (Å²) >= 11 is 4.90. The fraction of sp³-hybridized carbons (Fsp3) is 0.667. The fourth-order valence-electron chi connectivity index (χ4n) is 1.66. The van der Waals surface area contributed by atoms with Gasteiger partial charge >= 0.3 is 0 Å². The third kappa shape index (κ3) is 4.39. The summed E-state index contributed by atoms with van der Waals surface area (Å²) in [5, 5.41) is 4.93. The predicted molar refractivity (Wildman–Crippen MR) is 76.1 cm³/mol. The minimum atomic E-state index is 0.0149. The number of hydrogen-bond acceptors (Lipinski definition) is 3. The molecule has 96 valence electrons. The monoisotopic (exact) mass is 318 g/mol. The van der Waals surface area contributed by atoms with Crippen molar-refractivity contribution in [2.75, 3.05) is 11.9 Å². The first-order valence-electron chi connectivity index (χ1n) is 5.86. The number of carbonyl (C=O) groups excluding carboxylic acids is 1. The molecule has 0 radical (unpaired) electrons. The molecule has 0 aliphatic carbocycles. The number of alkyl halides is 1. The second-order valence-corrected chi connectivity index (χ2v) is 6.11. The van der Waals surface area contributed by atoms with Crippen LogP contribution in [0.25, 0.3) is 0 Å². The van der Waals surface area contributed by atoms with Crippen molar-refractivity contribution in [3.63, 3.8) is 0 Å². The number of nitrogens with one attached hydrogen (secondary N) is 1. The first-order chi connectivity index (χ1) is 8.08. The molecule has 1 rings (SSSR count). The topological polar surface area (TPSA) is 42.0 Å². The van der Waals surface area contributed by atoms with Gasteiger partial charge in [-0.3, -0.25) is 4.79 Å². The minimum Gasteiger partial charge on any atom is -0.351 e. The molecule has 5 heteroatoms. The van der Waals surface area contributed by atoms with Gasteiger partial charge in [0.1, 0.15) is 4.88 Å². The highest BCUT2D eigenvalue weighted by molar-refractivity contribution is 9.09. The van der Waals surface area contributed by atoms with E-state index in [2.05, 4.69) is 33.2 Å². The van der Waals surface area contributed by atoms with E-state index in [0.29, 0.717) is 5.92 Å². The number of thiazole rings is 1. The van der Waals surface area contributed by atoms with Crippen molar-refractivity contribution in [3.8, 4) is 0 Å². The Bertz CT molecular complexity index is 379. The zero-order chi connectivity index (χ0) is 12.8. The molecule has 0 saturated heterocycles. The molecule has 0 fully saturated rings. The maximum Gasteiger partial charge on any atom is 0.263 e. The van der Waals surface area contributed by atoms with Gasteiger partial charge in [-0.1, -0.05) is 29.3 Å². The highest BCUT2D eigenvalue weighted by Gasteiger charge is 2.14. The normalized spacial score (nSPS) is 12.5. The zero-order valence-electron chi connectivity index (χ0n) is 10.5. The number of carbonyl (C=O) groups is 1. The van der Waals surface area contributed by atoms with Crippen LogP contribution < -0.4 is 5.32 Å². The van der Waals surface area contributed by atoms with Crippen molar-refractivity contribution in [2.45, 2.75) is 33.6 Å². The van der Waals surface area contributed by atoms with Gasteiger partial charge in [0.05, 0.1) is 10.7 Å². The first kappa shape index (κ1) is 14.6. The standard InChI is InChI=1S/C12H19BrN2OS/c1-4-10(5-6-13)7-14-12(16)11-8(2)15-9(3)17-11/h10H,4-7H2,1-3H3,(H,14,16). The average molecular weight is 319 g/mol. The summed E-state index contributed by atoms with van der Waals surface area (Å²) in [5.41, 5.74) is 0.832. The van der Waals surface area contributed by atoms with Gasteiger partial charge in [-0.2, -0.15) is 0 Å². The molecule has 1 unspecified atom stereocenters. The van der Waals surface area contributed by atoms with Gasteiger partial charge in [0, 0.05) is 11.9 Å². The third-order valence-electron chi connectivity index (χ3n) is 2.76. The van der Waals surface area contributed by atoms with Crippen molar-refractivity contribution in [2.24, 2.45) is 5.92 Å². The Hall–Kier alpha value is -0.420. The minimum absolute atomic E-state index is 0.0149. The van der Waals surface area contributed by atoms with Crippen molar-refractivity contribution in [3.05, 3.63) is 15.6 Å². The fourth-order valence-corrected chi connectivity index (χ4v) is 3.15. The van der Waals surface area contributed by atoms with Crippen molar-refractivity contribution >= 4 is 33.2 Å². The van der Waals surface area contributed by atoms with Gasteiger partial charge in [0.15, 0.2) is 0 Å². The van der Waals surface area contributed by atoms with E-state index in [0.717, 1.165) is 40.3 Å². The van der Waals surface area contributed by atoms with Crippen molar-refractivity contribution in [1.82, 2.24) is 10.3 Å². The molecule has 1 aromatic rings. The van der Waals surface area contributed by atoms with Crippen LogP contribution in [0.5, 0.6) is 0 Å². The summed E-state index contributed by atoms with van der Waals surface area (Å²) in [7, 11) is 0. The summed E-state index contributed by atoms with van der Waals surface area (Å²) < 4.78 is 0. The Balaban J connectivity index is 2.52. The molecule has 3 nitrogen and oxygen atoms in total. The van der Waals surface area contributed by atoms with Crippen LogP contribution in [-0.2, 0) is 0 Å². The molecule has 0 saturated carbocycles. The van der Waals surface area contributed by atoms with Crippen LogP contribution in [0.2, 0.25) is 0 Å². The summed E-state index contributed by atoms with van der Waals surface area (Å²) in [6.07, 6.45) is 2.18. The Morgan fingerprint density at radius 3 is 2.71 bits per heavy atom. The average Bonchev–Trinajstić information content (AvgIpc) is 2.63. The van der Waals surface area contributed by atoms with E-state index in [1.165, 1.54) is 11.3 Å². The van der Waals surface area contributed by atoms with Crippen molar-refractivity contribution in [1.29, 1.82) is 0 Å². The van der Waals surface area contributed by atoms with Gasteiger partial charge in [0.2, 0.25) is 0 Å². The number of aromatic nitrogens is 1. The Labute approximate surface area is 115 Å². The van der Waals surface area contributed by atoms with E-state index >= 15 is 0 Å². The number of amides is 1. The number of rotatable bonds is 6. The van der Waals surface area contributed by atoms with Crippen LogP contribution >= 0.6 is 27.3 Å². The number of aryl methyl sites for hydroxylation is 2. The summed E-state index contributed by atoms with van der Waals surface area (Å²) in [4.78, 5) is 17.0. The second-order valence-electron chi connectivity index (χ2n) is 4.11. The lowest BCUT2D eigenvalue weighted by Gasteiger charge is -2.13. The molecule has 1 aromatic heterocycles. The van der Waals surface area contributed by atoms with Gasteiger partial charge < -0.3 is 5.32 Å². The smallest absolute Gasteiger partial charge is 0.263 e. The second kappa shape index (κ2) is 7.11. The van der Waals surface area contributed by atoms with Crippen LogP contribution in [-0.4, -0.2) is 22.8 Å². The molecule has 0 aliphatic heterocycles. The molecule has 1 N–H and O–H groups in total. The lowest BCUT2D eigenvalue weighted by molar-refractivity contribution is 0.0950. The van der Waals surface area contributed by atoms with Crippen LogP contribution in [0.15, 0.2) is 0 Å². The van der Waals surface area contributed by atoms with E-state index in [-0.39, 0.29) is 5.91 Å². The van der Waals surface area contributed by atoms with Gasteiger partial charge in [0.25, 0.3) is 5.91 Å². The lowest BCUT2D eigenvalue weighted by Crippen LogP contribution is -2.29. The third-order valence-corrected chi connectivity index (χ3v) is 4.29. The summed E-state index contributed by atoms with van der Waals surface area (Å²) in [6, 6.07) is 0. The van der Waals surface area contributed by atoms with Crippen LogP contribution in [0.1, 0.15) is 40.1 Å². The predicted octanol–water partition coefficient (Wildman–Crippen LogP) is 3.30. The molecule has 1 atom stereocenters. The Morgan fingerprint density at radius 2 is 2.24 bits per heavy atom. The number of halogens is 1. The highest BCUT2D eigenvalue weighted by atomic mass is 79.9. The van der Waals surface area contributed by atoms with Crippen LogP contribution in [0, 0.1) is 19.8 Å². The molecular formula is C12H19BrN2OS. The van der Waals surface area contributed by atoms with Gasteiger partial charge in [-0.15, -0.1) is 11.3 Å². The molecule has 1 heterocycles. The number of hydrogen-bond donors (Lipinski definition) is 1. The van der Waals surface area contributed by atoms with E-state index in [1.807, 2.05) is 13.8 Å². The molecule has 1 amide bonds. The quantitative estimate of drug-likeness (QED) is 0.818. The van der Waals surface area contributed by atoms with E-state index < -0.39 is 0 Å². The van der Waals surface area contributed by atoms with E-state index in [9.17, 15) is 4.79 Å². The van der Waals surface area contributed by atoms with Crippen LogP contribution in [0.4, 0.5) is 0 Å². The molecule has 0 bridgehead atoms. The largest absolute Gasteiger partial charge is 0.351 e. The van der Waals surface area contributed by atoms with Gasteiger partial charge in [-0.05, 0) is 26.2 Å². The highest BCUT2D eigenvalue weighted by Crippen LogP contribution is 2.17. The maximum atomic E-state index is 12.0. The van der Waals surface area contributed by atoms with Crippen LogP contribution in [0.3, 0.4) is 0 Å². The first-order valence-corrected chi connectivity index (χ1v) is 7.80. The van der Waals surface area contributed by atoms with E-state index in [4.69, 9.17) is 0 Å². The lowest BCUT2D eigenvalue weighted by atomic mass is 10.0. The molecule has 0 aliphatic rings. The SMILES string of the molecule is CCC(CCBr)CNC(=O)c1sc(C)nc1C. The Morgan fingerprint density at radius 1 is 1.53 bits per heavy atom. The number of nitrogens with zero attached hydrogens (tertiary/aromatic N) is 1. The van der Waals surface area contributed by atoms with Gasteiger partial charge in [-0.25, -0.2) is 4.98 Å². The molecule has 0 spiro atoms. The maximum absolute atomic E-state index is 12.0. The molecule has 17 heavy (non-hydrogen) atoms. The summed E-state index contributed by atoms with van der Waals surface area (Å²) in [5.74, 6) is 0.564. The van der Waals surface area contributed by atoms with Crippen molar-refractivity contribution < 1.29 is 4.79 Å². The summed E-state index contributed by atoms with van der Waals surface area (Å²) in [6.45, 7) is 6.71.